The van der Waals surface area contributed by atoms with Crippen LogP contribution in [0.25, 0.3) is 21.8 Å². The quantitative estimate of drug-likeness (QED) is 0.0798. The van der Waals surface area contributed by atoms with E-state index in [0.29, 0.717) is 118 Å². The first-order valence-corrected chi connectivity index (χ1v) is 23.8. The Morgan fingerprint density at radius 2 is 0.913 bits per heavy atom. The van der Waals surface area contributed by atoms with E-state index < -0.39 is 31.9 Å². The Morgan fingerprint density at radius 1 is 0.522 bits per heavy atom. The summed E-state index contributed by atoms with van der Waals surface area (Å²) in [5, 5.41) is 17.2. The second-order valence-electron chi connectivity index (χ2n) is 14.9. The molecule has 0 saturated carbocycles. The average molecular weight is 1010 g/mol. The molecule has 25 heteroatoms. The van der Waals surface area contributed by atoms with E-state index in [2.05, 4.69) is 30.6 Å². The van der Waals surface area contributed by atoms with Crippen LogP contribution in [0.1, 0.15) is 34.4 Å². The van der Waals surface area contributed by atoms with Crippen LogP contribution in [0, 0.1) is 0 Å². The third kappa shape index (κ3) is 11.9. The van der Waals surface area contributed by atoms with Gasteiger partial charge in [-0.15, -0.1) is 12.4 Å². The van der Waals surface area contributed by atoms with Crippen LogP contribution >= 0.6 is 12.4 Å². The van der Waals surface area contributed by atoms with Crippen LogP contribution in [0.5, 0.6) is 23.0 Å². The van der Waals surface area contributed by atoms with Gasteiger partial charge in [0.2, 0.25) is 31.9 Å². The molecule has 8 rings (SSSR count). The predicted molar refractivity (Wildman–Crippen MR) is 252 cm³/mol. The molecule has 0 radical (unpaired) electrons. The molecule has 0 aliphatic carbocycles. The van der Waals surface area contributed by atoms with Gasteiger partial charge in [0.1, 0.15) is 37.7 Å². The van der Waals surface area contributed by atoms with Crippen LogP contribution in [0.4, 0.5) is 11.4 Å². The van der Waals surface area contributed by atoms with Gasteiger partial charge in [-0.1, -0.05) is 0 Å². The normalized spacial score (nSPS) is 15.0. The minimum Gasteiger partial charge on any atom is -0.493 e. The van der Waals surface area contributed by atoms with Gasteiger partial charge in [0.25, 0.3) is 0 Å². The van der Waals surface area contributed by atoms with Crippen LogP contribution in [-0.2, 0) is 48.6 Å². The molecule has 69 heavy (non-hydrogen) atoms. The highest BCUT2D eigenvalue weighted by molar-refractivity contribution is 7.89. The lowest BCUT2D eigenvalue weighted by Gasteiger charge is -2.15. The Bertz CT molecular complexity index is 2870. The Labute approximate surface area is 402 Å². The lowest BCUT2D eigenvalue weighted by molar-refractivity contribution is -0.117. The molecule has 0 fully saturated rings. The number of hydrogen-bond acceptors (Lipinski definition) is 18. The average Bonchev–Trinajstić information content (AvgIpc) is 3.83. The van der Waals surface area contributed by atoms with E-state index >= 15 is 0 Å². The topological polar surface area (TPSA) is 304 Å². The first-order valence-electron chi connectivity index (χ1n) is 20.7. The van der Waals surface area contributed by atoms with Gasteiger partial charge in [-0.2, -0.15) is 0 Å². The number of fused-ring (bicyclic) bond motifs is 4. The summed E-state index contributed by atoms with van der Waals surface area (Å²) in [6.45, 7) is 3.23. The third-order valence-corrected chi connectivity index (χ3v) is 12.5. The second-order valence-corrected chi connectivity index (χ2v) is 18.0. The number of nitrogens with one attached hydrogen (secondary N) is 2. The molecule has 6 N–H and O–H groups in total. The molecule has 0 saturated heterocycles. The van der Waals surface area contributed by atoms with Crippen molar-refractivity contribution < 1.29 is 64.3 Å². The van der Waals surface area contributed by atoms with Crippen molar-refractivity contribution in [2.24, 2.45) is 10.3 Å². The number of carbonyl (C=O) groups excluding carboxylic acids is 2. The molecular formula is C44H49ClN8O14S2. The molecule has 2 aliphatic heterocycles. The van der Waals surface area contributed by atoms with Crippen LogP contribution in [0.2, 0.25) is 0 Å². The van der Waals surface area contributed by atoms with Gasteiger partial charge >= 0.3 is 0 Å². The number of halogens is 1. The van der Waals surface area contributed by atoms with Gasteiger partial charge in [0, 0.05) is 48.5 Å². The monoisotopic (exact) mass is 1010 g/mol. The molecular weight excluding hydrogens is 964 g/mol. The summed E-state index contributed by atoms with van der Waals surface area (Å²) in [7, 11) is -1.69. The fraction of sp³-hybridized carbons (Fsp3) is 0.318. The fourth-order valence-electron chi connectivity index (χ4n) is 7.46. The van der Waals surface area contributed by atoms with Gasteiger partial charge < -0.3 is 48.5 Å². The number of hydrogen-bond donors (Lipinski definition) is 4. The first-order chi connectivity index (χ1) is 32.7. The van der Waals surface area contributed by atoms with Crippen molar-refractivity contribution in [3.63, 3.8) is 0 Å². The largest absolute Gasteiger partial charge is 0.493 e. The van der Waals surface area contributed by atoms with Crippen molar-refractivity contribution in [2.75, 3.05) is 91.9 Å². The maximum absolute atomic E-state index is 12.9. The molecule has 4 aromatic carbocycles. The number of rotatable bonds is 20. The molecule has 6 aromatic rings. The van der Waals surface area contributed by atoms with Crippen molar-refractivity contribution in [3.05, 3.63) is 95.8 Å². The van der Waals surface area contributed by atoms with E-state index in [1.165, 1.54) is 63.3 Å². The summed E-state index contributed by atoms with van der Waals surface area (Å²) in [5.41, 5.74) is 3.79. The SMILES string of the molecule is COCCOCCOc1cc2ncnc(C3C(=O)Nc4ccc(S(N)(=O)=O)cc43)c2cc1OC.COCCOCCOc1cc2ncnc(C3C(=O)Nc4ccc(S(N)(=O)=O)cc43)c2cc1OC.Cl. The molecule has 2 aliphatic rings. The fourth-order valence-corrected chi connectivity index (χ4v) is 8.56. The molecule has 0 spiro atoms. The second kappa shape index (κ2) is 22.8. The molecule has 0 bridgehead atoms. The molecule has 2 atom stereocenters. The maximum Gasteiger partial charge on any atom is 0.238 e. The van der Waals surface area contributed by atoms with E-state index in [1.54, 1.807) is 38.5 Å². The highest BCUT2D eigenvalue weighted by atomic mass is 35.5. The van der Waals surface area contributed by atoms with Crippen molar-refractivity contribution in [2.45, 2.75) is 21.6 Å². The minimum atomic E-state index is -3.95. The van der Waals surface area contributed by atoms with Crippen LogP contribution in [0.3, 0.4) is 0 Å². The summed E-state index contributed by atoms with van der Waals surface area (Å²) in [4.78, 5) is 42.9. The van der Waals surface area contributed by atoms with Crippen LogP contribution in [-0.4, -0.2) is 130 Å². The summed E-state index contributed by atoms with van der Waals surface area (Å²) < 4.78 is 90.7. The Morgan fingerprint density at radius 3 is 1.28 bits per heavy atom. The Balaban J connectivity index is 0.000000224. The van der Waals surface area contributed by atoms with E-state index in [4.69, 9.17) is 48.2 Å². The number of primary sulfonamides is 2. The predicted octanol–water partition coefficient (Wildman–Crippen LogP) is 3.25. The number of carbonyl (C=O) groups is 2. The zero-order chi connectivity index (χ0) is 48.6. The highest BCUT2D eigenvalue weighted by Crippen LogP contribution is 2.43. The number of aromatic nitrogens is 4. The van der Waals surface area contributed by atoms with Crippen molar-refractivity contribution in [3.8, 4) is 23.0 Å². The van der Waals surface area contributed by atoms with Crippen LogP contribution < -0.4 is 39.9 Å². The third-order valence-electron chi connectivity index (χ3n) is 10.6. The minimum absolute atomic E-state index is 0. The van der Waals surface area contributed by atoms with E-state index in [-0.39, 0.29) is 47.2 Å². The van der Waals surface area contributed by atoms with Gasteiger partial charge in [0.15, 0.2) is 23.0 Å². The zero-order valence-electron chi connectivity index (χ0n) is 37.6. The molecule has 4 heterocycles. The van der Waals surface area contributed by atoms with E-state index in [0.717, 1.165) is 0 Å². The maximum atomic E-state index is 12.9. The molecule has 368 valence electrons. The molecule has 2 amide bonds. The summed E-state index contributed by atoms with van der Waals surface area (Å²) >= 11 is 0. The molecule has 22 nitrogen and oxygen atoms in total. The van der Waals surface area contributed by atoms with Crippen molar-refractivity contribution >= 4 is 77.4 Å². The van der Waals surface area contributed by atoms with E-state index in [1.807, 2.05) is 0 Å². The number of methoxy groups -OCH3 is 4. The number of nitrogens with two attached hydrogens (primary N) is 2. The van der Waals surface area contributed by atoms with Crippen molar-refractivity contribution in [1.29, 1.82) is 0 Å². The van der Waals surface area contributed by atoms with E-state index in [9.17, 15) is 26.4 Å². The number of amides is 2. The summed E-state index contributed by atoms with van der Waals surface area (Å²) in [5.74, 6) is -0.607. The lowest BCUT2D eigenvalue weighted by atomic mass is 9.94. The number of benzene rings is 4. The Hall–Kier alpha value is -6.35. The standard InChI is InChI=1S/2C22H24N4O7S.ClH/c2*1-30-5-6-32-7-8-33-19-11-17-15(10-18(19)31-2)21(25-12-24-17)20-14-9-13(34(23,28)29)3-4-16(14)26-22(20)27;/h2*3-4,9-12,20H,5-8H2,1-2H3,(H,26,27)(H2,23,28,29);1H. The smallest absolute Gasteiger partial charge is 0.238 e. The number of anilines is 2. The number of sulfonamides is 2. The van der Waals surface area contributed by atoms with Gasteiger partial charge in [-0.25, -0.2) is 47.0 Å². The summed E-state index contributed by atoms with van der Waals surface area (Å²) in [6, 6.07) is 15.3. The highest BCUT2D eigenvalue weighted by Gasteiger charge is 2.37. The number of nitrogens with zero attached hydrogens (tertiary/aromatic N) is 4. The zero-order valence-corrected chi connectivity index (χ0v) is 40.1. The molecule has 2 aromatic heterocycles. The van der Waals surface area contributed by atoms with Gasteiger partial charge in [-0.05, 0) is 59.7 Å². The Kier molecular flexibility index (Phi) is 17.2. The van der Waals surface area contributed by atoms with Gasteiger partial charge in [0.05, 0.1) is 86.1 Å². The lowest BCUT2D eigenvalue weighted by Crippen LogP contribution is -2.16. The summed E-state index contributed by atoms with van der Waals surface area (Å²) in [6.07, 6.45) is 2.69. The van der Waals surface area contributed by atoms with Gasteiger partial charge in [-0.3, -0.25) is 9.59 Å². The van der Waals surface area contributed by atoms with Crippen LogP contribution in [0.15, 0.2) is 83.1 Å². The number of ether oxygens (including phenoxy) is 8. The van der Waals surface area contributed by atoms with Crippen molar-refractivity contribution in [1.82, 2.24) is 19.9 Å². The first kappa shape index (κ1) is 52.0. The molecule has 2 unspecified atom stereocenters.